The van der Waals surface area contributed by atoms with Crippen LogP contribution in [0.2, 0.25) is 0 Å². The Morgan fingerprint density at radius 2 is 2.04 bits per heavy atom. The largest absolute Gasteiger partial charge is 0.482 e. The minimum Gasteiger partial charge on any atom is -0.482 e. The summed E-state index contributed by atoms with van der Waals surface area (Å²) in [5, 5.41) is 5.95. The summed E-state index contributed by atoms with van der Waals surface area (Å²) < 4.78 is 5.37. The fraction of sp³-hybridized carbons (Fsp3) is 0.579. The number of hydrogen-bond donors (Lipinski definition) is 2. The van der Waals surface area contributed by atoms with Crippen LogP contribution in [0.3, 0.4) is 0 Å². The first-order chi connectivity index (χ1) is 11.4. The maximum Gasteiger partial charge on any atom is 0.262 e. The number of rotatable bonds is 4. The highest BCUT2D eigenvalue weighted by Crippen LogP contribution is 2.40. The zero-order chi connectivity index (χ0) is 17.3. The van der Waals surface area contributed by atoms with Crippen molar-refractivity contribution in [1.82, 2.24) is 5.32 Å². The van der Waals surface area contributed by atoms with Crippen LogP contribution < -0.4 is 15.4 Å². The summed E-state index contributed by atoms with van der Waals surface area (Å²) in [5.74, 6) is 1.07. The number of hydrogen-bond acceptors (Lipinski definition) is 3. The average molecular weight is 330 g/mol. The molecule has 1 aliphatic heterocycles. The predicted octanol–water partition coefficient (Wildman–Crippen LogP) is 3.41. The second-order valence-corrected chi connectivity index (χ2v) is 7.49. The SMILES string of the molecule is CC(NC(=O)C(C)(C)C1CCCC1)c1ccc2c(c1)NC(=O)CO2. The molecular formula is C19H26N2O3. The molecule has 24 heavy (non-hydrogen) atoms. The summed E-state index contributed by atoms with van der Waals surface area (Å²) in [6.07, 6.45) is 4.72. The van der Waals surface area contributed by atoms with Crippen molar-refractivity contribution in [3.05, 3.63) is 23.8 Å². The molecule has 2 N–H and O–H groups in total. The molecule has 1 aromatic carbocycles. The van der Waals surface area contributed by atoms with Gasteiger partial charge in [0.2, 0.25) is 5.91 Å². The van der Waals surface area contributed by atoms with E-state index in [0.717, 1.165) is 18.4 Å². The zero-order valence-corrected chi connectivity index (χ0v) is 14.6. The van der Waals surface area contributed by atoms with Gasteiger partial charge in [0.1, 0.15) is 5.75 Å². The van der Waals surface area contributed by atoms with Gasteiger partial charge in [0.05, 0.1) is 11.7 Å². The number of carbonyl (C=O) groups is 2. The standard InChI is InChI=1S/C19H26N2O3/c1-12(20-18(23)19(2,3)14-6-4-5-7-14)13-8-9-16-15(10-13)21-17(22)11-24-16/h8-10,12,14H,4-7,11H2,1-3H3,(H,20,23)(H,21,22). The van der Waals surface area contributed by atoms with Crippen LogP contribution in [0.1, 0.15) is 58.1 Å². The van der Waals surface area contributed by atoms with Crippen molar-refractivity contribution in [2.24, 2.45) is 11.3 Å². The van der Waals surface area contributed by atoms with Crippen LogP contribution in [0.5, 0.6) is 5.75 Å². The molecule has 1 saturated carbocycles. The van der Waals surface area contributed by atoms with Crippen molar-refractivity contribution in [2.75, 3.05) is 11.9 Å². The van der Waals surface area contributed by atoms with E-state index in [2.05, 4.69) is 10.6 Å². The summed E-state index contributed by atoms with van der Waals surface area (Å²) in [7, 11) is 0. The Balaban J connectivity index is 1.70. The van der Waals surface area contributed by atoms with Gasteiger partial charge in [-0.2, -0.15) is 0 Å². The third-order valence-electron chi connectivity index (χ3n) is 5.45. The smallest absolute Gasteiger partial charge is 0.262 e. The first-order valence-corrected chi connectivity index (χ1v) is 8.75. The highest BCUT2D eigenvalue weighted by Gasteiger charge is 2.38. The lowest BCUT2D eigenvalue weighted by atomic mass is 9.77. The third kappa shape index (κ3) is 3.25. The lowest BCUT2D eigenvalue weighted by Gasteiger charge is -2.32. The van der Waals surface area contributed by atoms with Crippen LogP contribution in [0.25, 0.3) is 0 Å². The van der Waals surface area contributed by atoms with Gasteiger partial charge in [0, 0.05) is 5.41 Å². The van der Waals surface area contributed by atoms with E-state index in [0.29, 0.717) is 17.4 Å². The number of anilines is 1. The van der Waals surface area contributed by atoms with Crippen LogP contribution in [-0.2, 0) is 9.59 Å². The number of carbonyl (C=O) groups excluding carboxylic acids is 2. The van der Waals surface area contributed by atoms with Crippen molar-refractivity contribution in [1.29, 1.82) is 0 Å². The third-order valence-corrected chi connectivity index (χ3v) is 5.45. The molecule has 1 aromatic rings. The van der Waals surface area contributed by atoms with Gasteiger partial charge in [0.25, 0.3) is 5.91 Å². The Morgan fingerprint density at radius 3 is 2.75 bits per heavy atom. The summed E-state index contributed by atoms with van der Waals surface area (Å²) in [6.45, 7) is 6.11. The molecule has 1 unspecified atom stereocenters. The Morgan fingerprint density at radius 1 is 1.33 bits per heavy atom. The van der Waals surface area contributed by atoms with Gasteiger partial charge in [0.15, 0.2) is 6.61 Å². The highest BCUT2D eigenvalue weighted by molar-refractivity contribution is 5.95. The molecule has 3 rings (SSSR count). The van der Waals surface area contributed by atoms with Crippen LogP contribution in [0.4, 0.5) is 5.69 Å². The minimum atomic E-state index is -0.351. The van der Waals surface area contributed by atoms with Crippen molar-refractivity contribution >= 4 is 17.5 Å². The number of amides is 2. The van der Waals surface area contributed by atoms with Crippen molar-refractivity contribution in [2.45, 2.75) is 52.5 Å². The fourth-order valence-electron chi connectivity index (χ4n) is 3.67. The molecule has 5 heteroatoms. The molecule has 0 bridgehead atoms. The van der Waals surface area contributed by atoms with Crippen LogP contribution in [0.15, 0.2) is 18.2 Å². The summed E-state index contributed by atoms with van der Waals surface area (Å²) >= 11 is 0. The van der Waals surface area contributed by atoms with Gasteiger partial charge < -0.3 is 15.4 Å². The summed E-state index contributed by atoms with van der Waals surface area (Å²) in [5.41, 5.74) is 1.27. The Hall–Kier alpha value is -2.04. The van der Waals surface area contributed by atoms with Crippen molar-refractivity contribution in [3.63, 3.8) is 0 Å². The van der Waals surface area contributed by atoms with E-state index in [1.807, 2.05) is 39.0 Å². The van der Waals surface area contributed by atoms with E-state index in [4.69, 9.17) is 4.74 Å². The minimum absolute atomic E-state index is 0.0498. The van der Waals surface area contributed by atoms with Crippen LogP contribution >= 0.6 is 0 Å². The highest BCUT2D eigenvalue weighted by atomic mass is 16.5. The first kappa shape index (κ1) is 16.8. The predicted molar refractivity (Wildman–Crippen MR) is 92.9 cm³/mol. The van der Waals surface area contributed by atoms with Gasteiger partial charge in [-0.05, 0) is 43.4 Å². The van der Waals surface area contributed by atoms with Gasteiger partial charge in [-0.1, -0.05) is 32.8 Å². The van der Waals surface area contributed by atoms with Gasteiger partial charge in [-0.25, -0.2) is 0 Å². The molecule has 130 valence electrons. The lowest BCUT2D eigenvalue weighted by Crippen LogP contribution is -2.42. The van der Waals surface area contributed by atoms with E-state index in [1.54, 1.807) is 0 Å². The second kappa shape index (κ2) is 6.46. The zero-order valence-electron chi connectivity index (χ0n) is 14.6. The normalized spacial score (nSPS) is 19.2. The number of fused-ring (bicyclic) bond motifs is 1. The maximum atomic E-state index is 12.8. The monoisotopic (exact) mass is 330 g/mol. The van der Waals surface area contributed by atoms with E-state index >= 15 is 0 Å². The fourth-order valence-corrected chi connectivity index (χ4v) is 3.67. The molecule has 2 amide bonds. The van der Waals surface area contributed by atoms with Gasteiger partial charge in [-0.15, -0.1) is 0 Å². The average Bonchev–Trinajstić information content (AvgIpc) is 3.09. The molecule has 0 saturated heterocycles. The van der Waals surface area contributed by atoms with E-state index in [1.165, 1.54) is 12.8 Å². The van der Waals surface area contributed by atoms with Crippen molar-refractivity contribution < 1.29 is 14.3 Å². The van der Waals surface area contributed by atoms with Crippen LogP contribution in [0, 0.1) is 11.3 Å². The summed E-state index contributed by atoms with van der Waals surface area (Å²) in [6, 6.07) is 5.53. The molecule has 0 radical (unpaired) electrons. The maximum absolute atomic E-state index is 12.8. The number of benzene rings is 1. The number of nitrogens with one attached hydrogen (secondary N) is 2. The molecule has 0 spiro atoms. The van der Waals surface area contributed by atoms with Gasteiger partial charge >= 0.3 is 0 Å². The second-order valence-electron chi connectivity index (χ2n) is 7.49. The molecule has 1 aliphatic carbocycles. The Bertz CT molecular complexity index is 648. The van der Waals surface area contributed by atoms with E-state index in [-0.39, 0.29) is 29.9 Å². The molecular weight excluding hydrogens is 304 g/mol. The molecule has 5 nitrogen and oxygen atoms in total. The number of ether oxygens (including phenoxy) is 1. The molecule has 1 heterocycles. The Kier molecular flexibility index (Phi) is 4.52. The molecule has 1 atom stereocenters. The Labute approximate surface area is 143 Å². The van der Waals surface area contributed by atoms with E-state index < -0.39 is 0 Å². The van der Waals surface area contributed by atoms with E-state index in [9.17, 15) is 9.59 Å². The molecule has 2 aliphatic rings. The quantitative estimate of drug-likeness (QED) is 0.889. The van der Waals surface area contributed by atoms with Gasteiger partial charge in [-0.3, -0.25) is 9.59 Å². The summed E-state index contributed by atoms with van der Waals surface area (Å²) in [4.78, 5) is 24.2. The topological polar surface area (TPSA) is 67.4 Å². The molecule has 1 fully saturated rings. The first-order valence-electron chi connectivity index (χ1n) is 8.75. The molecule has 0 aromatic heterocycles. The lowest BCUT2D eigenvalue weighted by molar-refractivity contribution is -0.132. The van der Waals surface area contributed by atoms with Crippen molar-refractivity contribution in [3.8, 4) is 5.75 Å². The van der Waals surface area contributed by atoms with Crippen LogP contribution in [-0.4, -0.2) is 18.4 Å².